The van der Waals surface area contributed by atoms with Gasteiger partial charge in [-0.05, 0) is 17.7 Å². The molecule has 26 heavy (non-hydrogen) atoms. The molecule has 0 unspecified atom stereocenters. The number of anilines is 3. The van der Waals surface area contributed by atoms with Crippen LogP contribution in [0.2, 0.25) is 0 Å². The minimum Gasteiger partial charge on any atom is -0.354 e. The number of aromatic nitrogens is 2. The molecule has 0 radical (unpaired) electrons. The van der Waals surface area contributed by atoms with Crippen molar-refractivity contribution in [3.63, 3.8) is 0 Å². The third-order valence-corrected chi connectivity index (χ3v) is 4.64. The third kappa shape index (κ3) is 4.18. The zero-order chi connectivity index (χ0) is 17.6. The van der Waals surface area contributed by atoms with Crippen LogP contribution in [-0.2, 0) is 6.54 Å². The van der Waals surface area contributed by atoms with Crippen molar-refractivity contribution in [1.82, 2.24) is 14.9 Å². The molecule has 1 saturated heterocycles. The summed E-state index contributed by atoms with van der Waals surface area (Å²) in [6.45, 7) is 5.06. The normalized spacial score (nSPS) is 15.0. The van der Waals surface area contributed by atoms with Crippen molar-refractivity contribution in [3.8, 4) is 0 Å². The molecule has 0 saturated carbocycles. The maximum atomic E-state index is 4.47. The van der Waals surface area contributed by atoms with E-state index in [1.165, 1.54) is 5.56 Å². The lowest BCUT2D eigenvalue weighted by Crippen LogP contribution is -2.46. The van der Waals surface area contributed by atoms with Crippen LogP contribution in [0, 0.1) is 0 Å². The lowest BCUT2D eigenvalue weighted by Gasteiger charge is -2.35. The minimum atomic E-state index is 0.827. The van der Waals surface area contributed by atoms with Gasteiger partial charge >= 0.3 is 0 Å². The molecule has 3 aromatic rings. The Kier molecular flexibility index (Phi) is 5.07. The van der Waals surface area contributed by atoms with E-state index in [0.29, 0.717) is 0 Å². The molecule has 2 aromatic carbocycles. The number of nitrogens with one attached hydrogen (secondary N) is 1. The summed E-state index contributed by atoms with van der Waals surface area (Å²) in [6, 6.07) is 22.8. The summed E-state index contributed by atoms with van der Waals surface area (Å²) in [5.41, 5.74) is 2.40. The lowest BCUT2D eigenvalue weighted by atomic mass is 10.2. The highest BCUT2D eigenvalue weighted by Gasteiger charge is 2.18. The number of nitrogens with zero attached hydrogens (tertiary/aromatic N) is 4. The first-order valence-electron chi connectivity index (χ1n) is 9.02. The predicted molar refractivity (Wildman–Crippen MR) is 106 cm³/mol. The van der Waals surface area contributed by atoms with Gasteiger partial charge in [0.2, 0.25) is 0 Å². The molecule has 4 rings (SSSR count). The maximum absolute atomic E-state index is 4.47. The third-order valence-electron chi connectivity index (χ3n) is 4.64. The van der Waals surface area contributed by atoms with E-state index < -0.39 is 0 Å². The molecule has 0 bridgehead atoms. The Hall–Kier alpha value is -2.92. The summed E-state index contributed by atoms with van der Waals surface area (Å²) < 4.78 is 0. The Bertz CT molecular complexity index is 814. The summed E-state index contributed by atoms with van der Waals surface area (Å²) in [5.74, 6) is 1.81. The summed E-state index contributed by atoms with van der Waals surface area (Å²) >= 11 is 0. The van der Waals surface area contributed by atoms with Gasteiger partial charge in [0, 0.05) is 44.5 Å². The largest absolute Gasteiger partial charge is 0.354 e. The van der Waals surface area contributed by atoms with E-state index in [1.54, 1.807) is 6.33 Å². The van der Waals surface area contributed by atoms with Crippen LogP contribution in [0.15, 0.2) is 73.1 Å². The van der Waals surface area contributed by atoms with Crippen LogP contribution in [0.4, 0.5) is 17.3 Å². The van der Waals surface area contributed by atoms with Crippen molar-refractivity contribution >= 4 is 17.3 Å². The zero-order valence-corrected chi connectivity index (χ0v) is 14.8. The molecule has 132 valence electrons. The molecule has 2 heterocycles. The molecular weight excluding hydrogens is 322 g/mol. The minimum absolute atomic E-state index is 0.827. The van der Waals surface area contributed by atoms with E-state index in [9.17, 15) is 0 Å². The second-order valence-corrected chi connectivity index (χ2v) is 6.50. The molecule has 1 aromatic heterocycles. The Balaban J connectivity index is 1.36. The van der Waals surface area contributed by atoms with Crippen LogP contribution in [0.5, 0.6) is 0 Å². The Labute approximate surface area is 154 Å². The lowest BCUT2D eigenvalue weighted by molar-refractivity contribution is 0.249. The van der Waals surface area contributed by atoms with Gasteiger partial charge in [-0.2, -0.15) is 0 Å². The second-order valence-electron chi connectivity index (χ2n) is 6.50. The van der Waals surface area contributed by atoms with E-state index >= 15 is 0 Å². The number of benzene rings is 2. The van der Waals surface area contributed by atoms with Crippen LogP contribution in [0.1, 0.15) is 5.56 Å². The van der Waals surface area contributed by atoms with Crippen molar-refractivity contribution in [2.24, 2.45) is 0 Å². The van der Waals surface area contributed by atoms with E-state index in [1.807, 2.05) is 36.4 Å². The monoisotopic (exact) mass is 345 g/mol. The van der Waals surface area contributed by atoms with Gasteiger partial charge in [-0.3, -0.25) is 4.90 Å². The molecule has 0 aliphatic carbocycles. The molecule has 0 atom stereocenters. The van der Waals surface area contributed by atoms with Crippen molar-refractivity contribution in [2.45, 2.75) is 6.54 Å². The summed E-state index contributed by atoms with van der Waals surface area (Å²) in [7, 11) is 0. The van der Waals surface area contributed by atoms with Gasteiger partial charge in [0.15, 0.2) is 0 Å². The highest BCUT2D eigenvalue weighted by molar-refractivity contribution is 5.59. The summed E-state index contributed by atoms with van der Waals surface area (Å²) in [5, 5.41) is 3.34. The summed E-state index contributed by atoms with van der Waals surface area (Å²) in [6.07, 6.45) is 1.64. The average Bonchev–Trinajstić information content (AvgIpc) is 2.70. The SMILES string of the molecule is c1ccc(CN2CCN(c3cc(Nc4ccccc4)ncn3)CC2)cc1. The second kappa shape index (κ2) is 7.97. The van der Waals surface area contributed by atoms with Gasteiger partial charge in [0.1, 0.15) is 18.0 Å². The number of hydrogen-bond donors (Lipinski definition) is 1. The van der Waals surface area contributed by atoms with Crippen molar-refractivity contribution < 1.29 is 0 Å². The number of hydrogen-bond acceptors (Lipinski definition) is 5. The zero-order valence-electron chi connectivity index (χ0n) is 14.8. The van der Waals surface area contributed by atoms with E-state index in [0.717, 1.165) is 50.0 Å². The molecule has 0 spiro atoms. The molecule has 5 nitrogen and oxygen atoms in total. The quantitative estimate of drug-likeness (QED) is 0.766. The van der Waals surface area contributed by atoms with Crippen LogP contribution >= 0.6 is 0 Å². The summed E-state index contributed by atoms with van der Waals surface area (Å²) in [4.78, 5) is 13.6. The van der Waals surface area contributed by atoms with Gasteiger partial charge in [-0.15, -0.1) is 0 Å². The van der Waals surface area contributed by atoms with E-state index in [4.69, 9.17) is 0 Å². The van der Waals surface area contributed by atoms with Crippen molar-refractivity contribution in [1.29, 1.82) is 0 Å². The Morgan fingerprint density at radius 1 is 0.808 bits per heavy atom. The van der Waals surface area contributed by atoms with Gasteiger partial charge in [0.05, 0.1) is 0 Å². The van der Waals surface area contributed by atoms with Crippen molar-refractivity contribution in [3.05, 3.63) is 78.6 Å². The number of piperazine rings is 1. The van der Waals surface area contributed by atoms with Gasteiger partial charge in [-0.25, -0.2) is 9.97 Å². The maximum Gasteiger partial charge on any atom is 0.135 e. The van der Waals surface area contributed by atoms with Crippen LogP contribution in [-0.4, -0.2) is 41.0 Å². The van der Waals surface area contributed by atoms with E-state index in [2.05, 4.69) is 55.4 Å². The average molecular weight is 345 g/mol. The predicted octanol–water partition coefficient (Wildman–Crippen LogP) is 3.54. The first kappa shape index (κ1) is 16.5. The Morgan fingerprint density at radius 3 is 2.23 bits per heavy atom. The molecule has 1 aliphatic heterocycles. The first-order valence-corrected chi connectivity index (χ1v) is 9.02. The topological polar surface area (TPSA) is 44.3 Å². The van der Waals surface area contributed by atoms with Gasteiger partial charge < -0.3 is 10.2 Å². The van der Waals surface area contributed by atoms with Gasteiger partial charge in [0.25, 0.3) is 0 Å². The first-order chi connectivity index (χ1) is 12.9. The van der Waals surface area contributed by atoms with E-state index in [-0.39, 0.29) is 0 Å². The molecule has 0 amide bonds. The Morgan fingerprint density at radius 2 is 1.50 bits per heavy atom. The van der Waals surface area contributed by atoms with Crippen LogP contribution in [0.25, 0.3) is 0 Å². The van der Waals surface area contributed by atoms with Crippen molar-refractivity contribution in [2.75, 3.05) is 36.4 Å². The fourth-order valence-electron chi connectivity index (χ4n) is 3.23. The van der Waals surface area contributed by atoms with Gasteiger partial charge in [-0.1, -0.05) is 48.5 Å². The molecule has 1 aliphatic rings. The fourth-order valence-corrected chi connectivity index (χ4v) is 3.23. The highest BCUT2D eigenvalue weighted by Crippen LogP contribution is 2.20. The standard InChI is InChI=1S/C21H23N5/c1-3-7-18(8-4-1)16-25-11-13-26(14-12-25)21-15-20(22-17-23-21)24-19-9-5-2-6-10-19/h1-10,15,17H,11-14,16H2,(H,22,23,24). The van der Waals surface area contributed by atoms with Crippen LogP contribution in [0.3, 0.4) is 0 Å². The number of rotatable bonds is 5. The molecular formula is C21H23N5. The smallest absolute Gasteiger partial charge is 0.135 e. The molecule has 1 N–H and O–H groups in total. The molecule has 1 fully saturated rings. The fraction of sp³-hybridized carbons (Fsp3) is 0.238. The highest BCUT2D eigenvalue weighted by atomic mass is 15.3. The van der Waals surface area contributed by atoms with Crippen LogP contribution < -0.4 is 10.2 Å². The molecule has 5 heteroatoms. The number of para-hydroxylation sites is 1.